The molecule has 0 atom stereocenters. The van der Waals surface area contributed by atoms with Gasteiger partial charge in [0.25, 0.3) is 0 Å². The molecule has 2 heterocycles. The number of nitrogens with one attached hydrogen (secondary N) is 1. The first-order valence-corrected chi connectivity index (χ1v) is 11.3. The fourth-order valence-electron chi connectivity index (χ4n) is 4.28. The van der Waals surface area contributed by atoms with Crippen molar-refractivity contribution < 1.29 is 13.2 Å². The molecule has 0 saturated carbocycles. The number of ether oxygens (including phenoxy) is 1. The van der Waals surface area contributed by atoms with E-state index in [0.717, 1.165) is 43.2 Å². The van der Waals surface area contributed by atoms with Crippen LogP contribution in [0.15, 0.2) is 47.4 Å². The van der Waals surface area contributed by atoms with Crippen molar-refractivity contribution in [2.75, 3.05) is 39.4 Å². The smallest absolute Gasteiger partial charge is 0.240 e. The molecule has 2 aliphatic heterocycles. The Labute approximate surface area is 161 Å². The molecule has 2 aliphatic rings. The molecular formula is C21H28N2O3S. The predicted molar refractivity (Wildman–Crippen MR) is 107 cm³/mol. The first-order valence-electron chi connectivity index (χ1n) is 9.85. The number of sulfonamides is 1. The van der Waals surface area contributed by atoms with Gasteiger partial charge in [-0.05, 0) is 61.7 Å². The van der Waals surface area contributed by atoms with Crippen LogP contribution in [-0.2, 0) is 14.8 Å². The third-order valence-corrected chi connectivity index (χ3v) is 7.38. The fourth-order valence-corrected chi connectivity index (χ4v) is 5.47. The summed E-state index contributed by atoms with van der Waals surface area (Å²) in [6.45, 7) is 5.11. The average Bonchev–Trinajstić information content (AvgIpc) is 3.20. The lowest BCUT2D eigenvalue weighted by molar-refractivity contribution is 0.00157. The van der Waals surface area contributed by atoms with Crippen molar-refractivity contribution in [1.29, 1.82) is 0 Å². The Hall–Kier alpha value is -1.47. The normalized spacial score (nSPS) is 20.9. The van der Waals surface area contributed by atoms with Gasteiger partial charge in [-0.15, -0.1) is 0 Å². The molecule has 2 fully saturated rings. The molecule has 2 aromatic rings. The maximum atomic E-state index is 12.9. The van der Waals surface area contributed by atoms with Gasteiger partial charge in [-0.1, -0.05) is 30.3 Å². The molecule has 27 heavy (non-hydrogen) atoms. The molecule has 0 spiro atoms. The molecule has 146 valence electrons. The molecule has 0 radical (unpaired) electrons. The van der Waals surface area contributed by atoms with Crippen molar-refractivity contribution in [2.45, 2.75) is 30.6 Å². The van der Waals surface area contributed by atoms with E-state index < -0.39 is 10.0 Å². The standard InChI is InChI=1S/C21H28N2O3S/c24-27(25,20-8-7-18-5-1-2-6-19(18)15-20)22-16-21(9-13-26-14-10-21)17-23-11-3-4-12-23/h1-2,5-8,15,22H,3-4,9-14,16-17H2. The topological polar surface area (TPSA) is 58.6 Å². The lowest BCUT2D eigenvalue weighted by Gasteiger charge is -2.40. The van der Waals surface area contributed by atoms with Crippen molar-refractivity contribution in [2.24, 2.45) is 5.41 Å². The third kappa shape index (κ3) is 4.35. The highest BCUT2D eigenvalue weighted by Crippen LogP contribution is 2.32. The van der Waals surface area contributed by atoms with E-state index in [2.05, 4.69) is 9.62 Å². The van der Waals surface area contributed by atoms with Gasteiger partial charge in [0.2, 0.25) is 10.0 Å². The van der Waals surface area contributed by atoms with Crippen LogP contribution in [0.5, 0.6) is 0 Å². The zero-order valence-electron chi connectivity index (χ0n) is 15.7. The number of hydrogen-bond acceptors (Lipinski definition) is 4. The van der Waals surface area contributed by atoms with Crippen LogP contribution in [0.3, 0.4) is 0 Å². The summed E-state index contributed by atoms with van der Waals surface area (Å²) in [6.07, 6.45) is 4.30. The van der Waals surface area contributed by atoms with Crippen molar-refractivity contribution in [1.82, 2.24) is 9.62 Å². The van der Waals surface area contributed by atoms with E-state index >= 15 is 0 Å². The van der Waals surface area contributed by atoms with E-state index in [1.807, 2.05) is 30.3 Å². The zero-order chi connectivity index (χ0) is 18.7. The van der Waals surface area contributed by atoms with Crippen molar-refractivity contribution in [3.63, 3.8) is 0 Å². The van der Waals surface area contributed by atoms with Gasteiger partial charge in [0.05, 0.1) is 4.90 Å². The molecule has 2 aromatic carbocycles. The third-order valence-electron chi connectivity index (χ3n) is 5.98. The number of likely N-dealkylation sites (tertiary alicyclic amines) is 1. The summed E-state index contributed by atoms with van der Waals surface area (Å²) in [4.78, 5) is 2.82. The van der Waals surface area contributed by atoms with E-state index in [9.17, 15) is 8.42 Å². The van der Waals surface area contributed by atoms with Gasteiger partial charge < -0.3 is 9.64 Å². The van der Waals surface area contributed by atoms with Crippen LogP contribution in [0.4, 0.5) is 0 Å². The Kier molecular flexibility index (Phi) is 5.50. The Bertz CT molecular complexity index is 885. The highest BCUT2D eigenvalue weighted by molar-refractivity contribution is 7.89. The van der Waals surface area contributed by atoms with Crippen molar-refractivity contribution in [3.05, 3.63) is 42.5 Å². The minimum absolute atomic E-state index is 0.0352. The summed E-state index contributed by atoms with van der Waals surface area (Å²) < 4.78 is 34.4. The molecule has 6 heteroatoms. The van der Waals surface area contributed by atoms with Crippen LogP contribution in [0, 0.1) is 5.41 Å². The van der Waals surface area contributed by atoms with Crippen LogP contribution in [-0.4, -0.2) is 52.7 Å². The van der Waals surface area contributed by atoms with E-state index in [4.69, 9.17) is 4.74 Å². The summed E-state index contributed by atoms with van der Waals surface area (Å²) in [5, 5.41) is 1.99. The van der Waals surface area contributed by atoms with Crippen molar-refractivity contribution >= 4 is 20.8 Å². The summed E-state index contributed by atoms with van der Waals surface area (Å²) in [5.41, 5.74) is -0.0352. The van der Waals surface area contributed by atoms with Crippen molar-refractivity contribution in [3.8, 4) is 0 Å². The van der Waals surface area contributed by atoms with E-state index in [0.29, 0.717) is 24.7 Å². The van der Waals surface area contributed by atoms with Gasteiger partial charge in [0.1, 0.15) is 0 Å². The molecular weight excluding hydrogens is 360 g/mol. The quantitative estimate of drug-likeness (QED) is 0.826. The molecule has 0 amide bonds. The number of fused-ring (bicyclic) bond motifs is 1. The number of benzene rings is 2. The van der Waals surface area contributed by atoms with Gasteiger partial charge >= 0.3 is 0 Å². The summed E-state index contributed by atoms with van der Waals surface area (Å²) >= 11 is 0. The maximum Gasteiger partial charge on any atom is 0.240 e. The monoisotopic (exact) mass is 388 g/mol. The largest absolute Gasteiger partial charge is 0.381 e. The summed E-state index contributed by atoms with van der Waals surface area (Å²) in [7, 11) is -3.53. The second-order valence-electron chi connectivity index (χ2n) is 7.93. The molecule has 0 aromatic heterocycles. The second-order valence-corrected chi connectivity index (χ2v) is 9.70. The van der Waals surface area contributed by atoms with Crippen LogP contribution >= 0.6 is 0 Å². The Morgan fingerprint density at radius 3 is 2.44 bits per heavy atom. The molecule has 1 N–H and O–H groups in total. The summed E-state index contributed by atoms with van der Waals surface area (Å²) in [5.74, 6) is 0. The first kappa shape index (κ1) is 18.9. The van der Waals surface area contributed by atoms with Gasteiger partial charge in [-0.3, -0.25) is 0 Å². The van der Waals surface area contributed by atoms with Gasteiger partial charge in [-0.2, -0.15) is 0 Å². The van der Waals surface area contributed by atoms with Crippen LogP contribution in [0.25, 0.3) is 10.8 Å². The Balaban J connectivity index is 1.51. The molecule has 0 bridgehead atoms. The molecule has 2 saturated heterocycles. The maximum absolute atomic E-state index is 12.9. The SMILES string of the molecule is O=S(=O)(NCC1(CN2CCCC2)CCOCC1)c1ccc2ccccc2c1. The number of hydrogen-bond donors (Lipinski definition) is 1. The number of nitrogens with zero attached hydrogens (tertiary/aromatic N) is 1. The van der Waals surface area contributed by atoms with Gasteiger partial charge in [0.15, 0.2) is 0 Å². The average molecular weight is 389 g/mol. The lowest BCUT2D eigenvalue weighted by Crippen LogP contribution is -2.47. The Morgan fingerprint density at radius 2 is 1.70 bits per heavy atom. The van der Waals surface area contributed by atoms with Crippen LogP contribution in [0.2, 0.25) is 0 Å². The van der Waals surface area contributed by atoms with Crippen LogP contribution in [0.1, 0.15) is 25.7 Å². The minimum Gasteiger partial charge on any atom is -0.381 e. The lowest BCUT2D eigenvalue weighted by atomic mass is 9.80. The highest BCUT2D eigenvalue weighted by atomic mass is 32.2. The minimum atomic E-state index is -3.53. The fraction of sp³-hybridized carbons (Fsp3) is 0.524. The van der Waals surface area contributed by atoms with Gasteiger partial charge in [0, 0.05) is 31.7 Å². The molecule has 4 rings (SSSR count). The summed E-state index contributed by atoms with van der Waals surface area (Å²) in [6, 6.07) is 13.2. The first-order chi connectivity index (χ1) is 13.1. The Morgan fingerprint density at radius 1 is 1.00 bits per heavy atom. The van der Waals surface area contributed by atoms with E-state index in [-0.39, 0.29) is 5.41 Å². The highest BCUT2D eigenvalue weighted by Gasteiger charge is 2.36. The van der Waals surface area contributed by atoms with Gasteiger partial charge in [-0.25, -0.2) is 13.1 Å². The van der Waals surface area contributed by atoms with Crippen LogP contribution < -0.4 is 4.72 Å². The molecule has 5 nitrogen and oxygen atoms in total. The number of rotatable bonds is 6. The van der Waals surface area contributed by atoms with E-state index in [1.54, 1.807) is 12.1 Å². The molecule has 0 unspecified atom stereocenters. The zero-order valence-corrected chi connectivity index (χ0v) is 16.5. The van der Waals surface area contributed by atoms with E-state index in [1.165, 1.54) is 12.8 Å². The predicted octanol–water partition coefficient (Wildman–Crippen LogP) is 3.01. The molecule has 0 aliphatic carbocycles. The second kappa shape index (κ2) is 7.87.